The van der Waals surface area contributed by atoms with Crippen LogP contribution >= 0.6 is 0 Å². The Morgan fingerprint density at radius 2 is 1.54 bits per heavy atom. The average molecular weight is 700 g/mol. The van der Waals surface area contributed by atoms with Crippen LogP contribution in [-0.4, -0.2) is 90.7 Å². The minimum absolute atomic E-state index is 0.00453. The molecule has 0 heterocycles. The van der Waals surface area contributed by atoms with Crippen LogP contribution in [0.1, 0.15) is 94.2 Å². The monoisotopic (exact) mass is 699 g/mol. The molecule has 0 saturated carbocycles. The van der Waals surface area contributed by atoms with Crippen LogP contribution in [0.5, 0.6) is 0 Å². The molecule has 50 heavy (non-hydrogen) atoms. The molecule has 1 N–H and O–H groups in total. The zero-order chi connectivity index (χ0) is 38.8. The largest absolute Gasteiger partial charge is 0.463 e. The summed E-state index contributed by atoms with van der Waals surface area (Å²) in [4.78, 5) is 70.0. The van der Waals surface area contributed by atoms with Gasteiger partial charge >= 0.3 is 18.0 Å². The van der Waals surface area contributed by atoms with Crippen molar-refractivity contribution in [2.45, 2.75) is 119 Å². The second-order valence-electron chi connectivity index (χ2n) is 15.6. The van der Waals surface area contributed by atoms with Gasteiger partial charge in [-0.15, -0.1) is 0 Å². The predicted molar refractivity (Wildman–Crippen MR) is 195 cm³/mol. The molecule has 0 fully saturated rings. The molecule has 0 aromatic heterocycles. The van der Waals surface area contributed by atoms with Crippen molar-refractivity contribution in [2.24, 2.45) is 11.3 Å². The molecule has 0 unspecified atom stereocenters. The lowest BCUT2D eigenvalue weighted by atomic mass is 9.75. The summed E-state index contributed by atoms with van der Waals surface area (Å²) in [6, 6.07) is 4.55. The summed E-state index contributed by atoms with van der Waals surface area (Å²) in [5.41, 5.74) is -0.924. The van der Waals surface area contributed by atoms with Crippen LogP contribution in [0.15, 0.2) is 48.6 Å². The lowest BCUT2D eigenvalue weighted by molar-refractivity contribution is -0.142. The van der Waals surface area contributed by atoms with E-state index in [1.165, 1.54) is 22.9 Å². The second-order valence-corrected chi connectivity index (χ2v) is 15.6. The molecule has 11 heteroatoms. The Bertz CT molecular complexity index is 1400. The fourth-order valence-corrected chi connectivity index (χ4v) is 5.58. The van der Waals surface area contributed by atoms with Crippen LogP contribution < -0.4 is 5.32 Å². The Kier molecular flexibility index (Phi) is 16.0. The van der Waals surface area contributed by atoms with Crippen LogP contribution in [0, 0.1) is 11.3 Å². The number of benzene rings is 1. The number of carbonyl (C=O) groups excluding carboxylic acids is 5. The molecule has 1 aromatic carbocycles. The molecule has 3 amide bonds. The summed E-state index contributed by atoms with van der Waals surface area (Å²) >= 11 is 0. The van der Waals surface area contributed by atoms with Gasteiger partial charge < -0.3 is 24.4 Å². The van der Waals surface area contributed by atoms with E-state index in [0.29, 0.717) is 16.7 Å². The molecular weight excluding hydrogens is 638 g/mol. The van der Waals surface area contributed by atoms with Gasteiger partial charge in [0, 0.05) is 25.1 Å². The van der Waals surface area contributed by atoms with E-state index in [2.05, 4.69) is 11.9 Å². The highest BCUT2D eigenvalue weighted by molar-refractivity contribution is 5.93. The quantitative estimate of drug-likeness (QED) is 0.102. The number of hydrogen-bond donors (Lipinski definition) is 1. The van der Waals surface area contributed by atoms with Gasteiger partial charge in [-0.05, 0) is 57.1 Å². The molecule has 0 saturated heterocycles. The first-order chi connectivity index (χ1) is 22.9. The van der Waals surface area contributed by atoms with E-state index in [1.54, 1.807) is 59.9 Å². The van der Waals surface area contributed by atoms with Gasteiger partial charge in [-0.2, -0.15) is 0 Å². The second kappa shape index (κ2) is 18.2. The van der Waals surface area contributed by atoms with Crippen LogP contribution in [0.25, 0.3) is 0 Å². The summed E-state index contributed by atoms with van der Waals surface area (Å²) in [6.45, 7) is 25.5. The van der Waals surface area contributed by atoms with Crippen molar-refractivity contribution in [1.29, 1.82) is 0 Å². The highest BCUT2D eigenvalue weighted by atomic mass is 16.6. The number of carbonyl (C=O) groups is 5. The summed E-state index contributed by atoms with van der Waals surface area (Å²) < 4.78 is 16.0. The van der Waals surface area contributed by atoms with Gasteiger partial charge in [-0.3, -0.25) is 19.3 Å². The van der Waals surface area contributed by atoms with Crippen molar-refractivity contribution in [1.82, 2.24) is 15.1 Å². The van der Waals surface area contributed by atoms with Gasteiger partial charge in [-0.25, -0.2) is 9.59 Å². The molecule has 0 aliphatic carbocycles. The first-order valence-electron chi connectivity index (χ1n) is 17.1. The molecule has 0 aliphatic heterocycles. The third kappa shape index (κ3) is 12.6. The Hall–Kier alpha value is -4.15. The fourth-order valence-electron chi connectivity index (χ4n) is 5.58. The van der Waals surface area contributed by atoms with Crippen LogP contribution in [0.4, 0.5) is 4.79 Å². The van der Waals surface area contributed by atoms with Crippen molar-refractivity contribution in [3.63, 3.8) is 0 Å². The Morgan fingerprint density at radius 1 is 0.940 bits per heavy atom. The lowest BCUT2D eigenvalue weighted by Crippen LogP contribution is -2.63. The minimum atomic E-state index is -1.16. The molecular formula is C39H61N3O8. The topological polar surface area (TPSA) is 132 Å². The molecule has 0 bridgehead atoms. The predicted octanol–water partition coefficient (Wildman–Crippen LogP) is 5.99. The highest BCUT2D eigenvalue weighted by Gasteiger charge is 2.46. The van der Waals surface area contributed by atoms with E-state index in [1.807, 2.05) is 60.6 Å². The minimum Gasteiger partial charge on any atom is -0.463 e. The van der Waals surface area contributed by atoms with Crippen LogP contribution in [0.3, 0.4) is 0 Å². The van der Waals surface area contributed by atoms with E-state index in [-0.39, 0.29) is 31.5 Å². The molecule has 3 atom stereocenters. The van der Waals surface area contributed by atoms with Gasteiger partial charge in [-0.1, -0.05) is 91.5 Å². The number of nitrogens with one attached hydrogen (secondary N) is 1. The van der Waals surface area contributed by atoms with E-state index < -0.39 is 58.5 Å². The van der Waals surface area contributed by atoms with Gasteiger partial charge in [0.25, 0.3) is 0 Å². The van der Waals surface area contributed by atoms with E-state index in [4.69, 9.17) is 14.2 Å². The van der Waals surface area contributed by atoms with Gasteiger partial charge in [0.1, 0.15) is 24.3 Å². The average Bonchev–Trinajstić information content (AvgIpc) is 2.99. The van der Waals surface area contributed by atoms with Crippen LogP contribution in [0.2, 0.25) is 0 Å². The van der Waals surface area contributed by atoms with Gasteiger partial charge in [0.15, 0.2) is 0 Å². The number of esters is 2. The number of likely N-dealkylation sites (N-methyl/N-ethyl adjacent to an activating group) is 2. The summed E-state index contributed by atoms with van der Waals surface area (Å²) in [5.74, 6) is -1.90. The summed E-state index contributed by atoms with van der Waals surface area (Å²) in [5, 5.41) is 3.00. The van der Waals surface area contributed by atoms with Crippen molar-refractivity contribution in [2.75, 3.05) is 27.3 Å². The molecule has 11 nitrogen and oxygen atoms in total. The van der Waals surface area contributed by atoms with E-state index in [0.717, 1.165) is 0 Å². The Labute approximate surface area is 299 Å². The van der Waals surface area contributed by atoms with Crippen LogP contribution in [-0.2, 0) is 45.2 Å². The molecule has 280 valence electrons. The lowest BCUT2D eigenvalue weighted by Gasteiger charge is -2.42. The maximum Gasteiger partial charge on any atom is 0.410 e. The normalized spacial score (nSPS) is 14.2. The third-order valence-electron chi connectivity index (χ3n) is 8.28. The van der Waals surface area contributed by atoms with Gasteiger partial charge in [0.2, 0.25) is 11.8 Å². The maximum absolute atomic E-state index is 14.6. The Morgan fingerprint density at radius 3 is 2.04 bits per heavy atom. The maximum atomic E-state index is 14.6. The number of hydrogen-bond acceptors (Lipinski definition) is 8. The van der Waals surface area contributed by atoms with Crippen molar-refractivity contribution in [3.05, 3.63) is 59.7 Å². The zero-order valence-corrected chi connectivity index (χ0v) is 32.8. The van der Waals surface area contributed by atoms with Crippen molar-refractivity contribution < 1.29 is 38.2 Å². The van der Waals surface area contributed by atoms with Gasteiger partial charge in [0.05, 0.1) is 19.1 Å². The number of rotatable bonds is 15. The molecule has 0 spiro atoms. The number of nitrogens with zero attached hydrogens (tertiary/aromatic N) is 2. The number of ether oxygens (including phenoxy) is 3. The molecule has 0 aliphatic rings. The first-order valence-corrected chi connectivity index (χ1v) is 17.1. The van der Waals surface area contributed by atoms with Crippen molar-refractivity contribution >= 4 is 29.8 Å². The molecule has 1 aromatic rings. The summed E-state index contributed by atoms with van der Waals surface area (Å²) in [6.07, 6.45) is 2.49. The molecule has 0 radical (unpaired) electrons. The fraction of sp³-hybridized carbons (Fsp3) is 0.615. The SMILES string of the molecule is C=CCOC(=O)Cc1cccc(C(C)(C)[C@@H](C(=O)N[C@H](C(=O)N(C)[C@H](/C=C(\C)C(=O)OCC)C(C)C)C(C)(C)C)N(C)C(=O)OC(C)(C)C)c1. The summed E-state index contributed by atoms with van der Waals surface area (Å²) in [7, 11) is 3.14. The third-order valence-corrected chi connectivity index (χ3v) is 8.28. The zero-order valence-electron chi connectivity index (χ0n) is 32.8. The van der Waals surface area contributed by atoms with Crippen molar-refractivity contribution in [3.8, 4) is 0 Å². The standard InChI is InChI=1S/C39H61N3O8/c1-16-21-49-30(43)24-27-19-18-20-28(23-27)39(12,13)32(42(15)36(47)50-38(9,10)11)33(44)40-31(37(6,7)8)34(45)41(14)29(25(3)4)22-26(5)35(46)48-17-2/h16,18-20,22-23,25,29,31-32H,1,17,21,24H2,2-15H3,(H,40,44)/b26-22+/t29-,31-,32-/m1/s1. The van der Waals surface area contributed by atoms with E-state index in [9.17, 15) is 24.0 Å². The molecule has 1 rings (SSSR count). The number of amides is 3. The Balaban J connectivity index is 3.71. The highest BCUT2D eigenvalue weighted by Crippen LogP contribution is 2.33. The van der Waals surface area contributed by atoms with E-state index >= 15 is 0 Å². The smallest absolute Gasteiger partial charge is 0.410 e. The first kappa shape index (κ1) is 43.9.